The highest BCUT2D eigenvalue weighted by Gasteiger charge is 2.15. The van der Waals surface area contributed by atoms with Crippen LogP contribution in [0, 0.1) is 44.8 Å². The van der Waals surface area contributed by atoms with Crippen molar-refractivity contribution >= 4 is 29.3 Å². The quantitative estimate of drug-likeness (QED) is 0.411. The summed E-state index contributed by atoms with van der Waals surface area (Å²) in [5, 5.41) is 12.4. The molecular weight excluding hydrogens is 401 g/mol. The van der Waals surface area contributed by atoms with Gasteiger partial charge in [-0.15, -0.1) is 0 Å². The molecule has 2 aromatic carbocycles. The van der Waals surface area contributed by atoms with Crippen molar-refractivity contribution in [2.45, 2.75) is 27.7 Å². The van der Waals surface area contributed by atoms with Crippen LogP contribution in [0.2, 0.25) is 5.02 Å². The van der Waals surface area contributed by atoms with Crippen molar-refractivity contribution in [2.75, 3.05) is 5.32 Å². The average molecular weight is 422 g/mol. The number of benzene rings is 2. The lowest BCUT2D eigenvalue weighted by atomic mass is 10.1. The van der Waals surface area contributed by atoms with E-state index in [1.165, 1.54) is 6.07 Å². The number of hydrogen-bond acceptors (Lipinski definition) is 2. The summed E-state index contributed by atoms with van der Waals surface area (Å²) in [6, 6.07) is 14.0. The lowest BCUT2D eigenvalue weighted by Gasteiger charge is -2.10. The largest absolute Gasteiger partial charge is 0.321 e. The van der Waals surface area contributed by atoms with Crippen molar-refractivity contribution in [2.24, 2.45) is 0 Å². The molecule has 6 heteroatoms. The van der Waals surface area contributed by atoms with Gasteiger partial charge in [-0.3, -0.25) is 4.79 Å². The van der Waals surface area contributed by atoms with Gasteiger partial charge in [0.05, 0.1) is 5.02 Å². The minimum Gasteiger partial charge on any atom is -0.321 e. The molecule has 4 nitrogen and oxygen atoms in total. The molecule has 1 N–H and O–H groups in total. The molecular formula is C24H21ClFN3O. The maximum atomic E-state index is 13.5. The summed E-state index contributed by atoms with van der Waals surface area (Å²) in [5.74, 6) is -0.961. The maximum absolute atomic E-state index is 13.5. The van der Waals surface area contributed by atoms with Gasteiger partial charge in [0.1, 0.15) is 17.5 Å². The van der Waals surface area contributed by atoms with Gasteiger partial charge in [0.15, 0.2) is 0 Å². The molecule has 3 aromatic rings. The van der Waals surface area contributed by atoms with Crippen molar-refractivity contribution in [3.05, 3.63) is 87.0 Å². The van der Waals surface area contributed by atoms with E-state index in [1.54, 1.807) is 18.2 Å². The number of nitrogens with one attached hydrogen (secondary N) is 1. The monoisotopic (exact) mass is 421 g/mol. The van der Waals surface area contributed by atoms with Crippen molar-refractivity contribution in [1.29, 1.82) is 5.26 Å². The number of nitriles is 1. The molecule has 152 valence electrons. The minimum atomic E-state index is -0.488. The van der Waals surface area contributed by atoms with Crippen LogP contribution in [0.25, 0.3) is 11.8 Å². The minimum absolute atomic E-state index is 0.00707. The Kier molecular flexibility index (Phi) is 6.09. The fourth-order valence-electron chi connectivity index (χ4n) is 3.40. The van der Waals surface area contributed by atoms with Crippen LogP contribution in [0.5, 0.6) is 0 Å². The third kappa shape index (κ3) is 4.29. The van der Waals surface area contributed by atoms with E-state index in [9.17, 15) is 14.4 Å². The van der Waals surface area contributed by atoms with E-state index in [0.29, 0.717) is 11.4 Å². The molecule has 0 aliphatic heterocycles. The highest BCUT2D eigenvalue weighted by Crippen LogP contribution is 2.26. The van der Waals surface area contributed by atoms with Gasteiger partial charge in [-0.1, -0.05) is 29.3 Å². The van der Waals surface area contributed by atoms with Gasteiger partial charge < -0.3 is 9.88 Å². The van der Waals surface area contributed by atoms with Crippen LogP contribution in [-0.2, 0) is 4.79 Å². The van der Waals surface area contributed by atoms with E-state index in [2.05, 4.69) is 5.32 Å². The Balaban J connectivity index is 1.95. The Labute approximate surface area is 180 Å². The number of anilines is 1. The van der Waals surface area contributed by atoms with Crippen molar-refractivity contribution in [3.8, 4) is 11.8 Å². The SMILES string of the molecule is Cc1ccc(NC(=O)/C(C#N)=C\c2cc(C)n(-c3ccc(F)c(Cl)c3)c2C)c(C)c1. The zero-order valence-corrected chi connectivity index (χ0v) is 17.9. The summed E-state index contributed by atoms with van der Waals surface area (Å²) in [5.41, 5.74) is 5.78. The third-order valence-corrected chi connectivity index (χ3v) is 5.22. The van der Waals surface area contributed by atoms with Crippen LogP contribution >= 0.6 is 11.6 Å². The molecule has 30 heavy (non-hydrogen) atoms. The molecule has 0 radical (unpaired) electrons. The highest BCUT2D eigenvalue weighted by atomic mass is 35.5. The average Bonchev–Trinajstić information content (AvgIpc) is 2.97. The standard InChI is InChI=1S/C24H21ClFN3O/c1-14-5-8-23(15(2)9-14)28-24(30)19(13-27)11-18-10-16(3)29(17(18)4)20-6-7-22(26)21(25)12-20/h5-12H,1-4H3,(H,28,30)/b19-11-. The fraction of sp³-hybridized carbons (Fsp3) is 0.167. The van der Waals surface area contributed by atoms with Gasteiger partial charge in [0.25, 0.3) is 5.91 Å². The zero-order valence-electron chi connectivity index (χ0n) is 17.2. The van der Waals surface area contributed by atoms with Crippen molar-refractivity contribution < 1.29 is 9.18 Å². The number of aromatic nitrogens is 1. The highest BCUT2D eigenvalue weighted by molar-refractivity contribution is 6.30. The Hall–Kier alpha value is -3.36. The second-order valence-corrected chi connectivity index (χ2v) is 7.61. The van der Waals surface area contributed by atoms with Crippen molar-refractivity contribution in [1.82, 2.24) is 4.57 Å². The molecule has 0 bridgehead atoms. The number of amides is 1. The number of halogens is 2. The smallest absolute Gasteiger partial charge is 0.266 e. The maximum Gasteiger partial charge on any atom is 0.266 e. The fourth-order valence-corrected chi connectivity index (χ4v) is 3.58. The summed E-state index contributed by atoms with van der Waals surface area (Å²) < 4.78 is 15.4. The first kappa shape index (κ1) is 21.4. The first-order valence-electron chi connectivity index (χ1n) is 9.36. The van der Waals surface area contributed by atoms with E-state index in [4.69, 9.17) is 11.6 Å². The first-order chi connectivity index (χ1) is 14.2. The summed E-state index contributed by atoms with van der Waals surface area (Å²) >= 11 is 5.93. The lowest BCUT2D eigenvalue weighted by Crippen LogP contribution is -2.14. The Bertz CT molecular complexity index is 1220. The van der Waals surface area contributed by atoms with Crippen LogP contribution in [0.4, 0.5) is 10.1 Å². The van der Waals surface area contributed by atoms with Crippen LogP contribution < -0.4 is 5.32 Å². The molecule has 1 aromatic heterocycles. The van der Waals surface area contributed by atoms with E-state index in [-0.39, 0.29) is 10.6 Å². The molecule has 0 spiro atoms. The van der Waals surface area contributed by atoms with E-state index >= 15 is 0 Å². The molecule has 1 heterocycles. The molecule has 0 saturated carbocycles. The number of nitrogens with zero attached hydrogens (tertiary/aromatic N) is 2. The van der Waals surface area contributed by atoms with E-state index < -0.39 is 11.7 Å². The van der Waals surface area contributed by atoms with Gasteiger partial charge >= 0.3 is 0 Å². The predicted molar refractivity (Wildman–Crippen MR) is 118 cm³/mol. The van der Waals surface area contributed by atoms with E-state index in [1.807, 2.05) is 62.6 Å². The molecule has 0 saturated heterocycles. The van der Waals surface area contributed by atoms with Gasteiger partial charge in [-0.05, 0) is 75.2 Å². The summed E-state index contributed by atoms with van der Waals surface area (Å²) in [6.07, 6.45) is 1.56. The third-order valence-electron chi connectivity index (χ3n) is 4.93. The number of hydrogen-bond donors (Lipinski definition) is 1. The predicted octanol–water partition coefficient (Wildman–Crippen LogP) is 6.05. The summed E-state index contributed by atoms with van der Waals surface area (Å²) in [7, 11) is 0. The van der Waals surface area contributed by atoms with Crippen LogP contribution in [0.15, 0.2) is 48.0 Å². The van der Waals surface area contributed by atoms with Crippen LogP contribution in [-0.4, -0.2) is 10.5 Å². The molecule has 0 atom stereocenters. The zero-order chi connectivity index (χ0) is 22.0. The topological polar surface area (TPSA) is 57.8 Å². The summed E-state index contributed by atoms with van der Waals surface area (Å²) in [4.78, 5) is 12.7. The van der Waals surface area contributed by atoms with Crippen LogP contribution in [0.3, 0.4) is 0 Å². The number of carbonyl (C=O) groups is 1. The molecule has 0 fully saturated rings. The van der Waals surface area contributed by atoms with E-state index in [0.717, 1.165) is 28.1 Å². The van der Waals surface area contributed by atoms with Gasteiger partial charge in [-0.2, -0.15) is 5.26 Å². The number of aryl methyl sites for hydroxylation is 3. The Morgan fingerprint density at radius 1 is 1.13 bits per heavy atom. The number of rotatable bonds is 4. The normalized spacial score (nSPS) is 11.3. The van der Waals surface area contributed by atoms with Gasteiger partial charge in [-0.25, -0.2) is 4.39 Å². The molecule has 0 aliphatic carbocycles. The Morgan fingerprint density at radius 3 is 2.50 bits per heavy atom. The number of carbonyl (C=O) groups excluding carboxylic acids is 1. The molecule has 1 amide bonds. The second-order valence-electron chi connectivity index (χ2n) is 7.20. The van der Waals surface area contributed by atoms with Gasteiger partial charge in [0.2, 0.25) is 0 Å². The van der Waals surface area contributed by atoms with Gasteiger partial charge in [0, 0.05) is 22.8 Å². The first-order valence-corrected chi connectivity index (χ1v) is 9.74. The molecule has 0 unspecified atom stereocenters. The van der Waals surface area contributed by atoms with Crippen molar-refractivity contribution in [3.63, 3.8) is 0 Å². The second kappa shape index (κ2) is 8.56. The Morgan fingerprint density at radius 2 is 1.87 bits per heavy atom. The van der Waals surface area contributed by atoms with Crippen LogP contribution in [0.1, 0.15) is 28.1 Å². The molecule has 3 rings (SSSR count). The molecule has 0 aliphatic rings. The summed E-state index contributed by atoms with van der Waals surface area (Å²) in [6.45, 7) is 7.64. The lowest BCUT2D eigenvalue weighted by molar-refractivity contribution is -0.112.